The van der Waals surface area contributed by atoms with E-state index >= 15 is 0 Å². The number of hydrogen-bond donors (Lipinski definition) is 0. The number of allylic oxidation sites excluding steroid dienone is 3. The maximum Gasteiger partial charge on any atom is 0.197 e. The van der Waals surface area contributed by atoms with Crippen LogP contribution in [0.2, 0.25) is 0 Å². The molecule has 0 atom stereocenters. The van der Waals surface area contributed by atoms with Crippen molar-refractivity contribution in [2.24, 2.45) is 0 Å². The van der Waals surface area contributed by atoms with E-state index in [-0.39, 0.29) is 17.1 Å². The standard InChI is InChI=1S/C62H42N4O2/c67-57-51(58(68)53-42-44-24-20-19-23-43(44)41-52(53)57)39-40-56-65(61(45-25-7-1-8-26-45,46-27-9-2-10-28-46)47-29-11-3-12-30-47)59-60(64-55-38-22-21-37-54(55)63-59)66(56)62(48-31-13-4-14-32-48,49-33-15-5-16-34-49)50-35-17-6-18-36-50/h1-42H. The predicted molar refractivity (Wildman–Crippen MR) is 272 cm³/mol. The number of hydrogen-bond acceptors (Lipinski definition) is 6. The van der Waals surface area contributed by atoms with Gasteiger partial charge in [-0.25, -0.2) is 9.97 Å². The molecule has 6 heteroatoms. The van der Waals surface area contributed by atoms with Crippen LogP contribution < -0.4 is 9.80 Å². The molecule has 0 amide bonds. The number of anilines is 2. The Bertz CT molecular complexity index is 3170. The average molecular weight is 875 g/mol. The lowest BCUT2D eigenvalue weighted by Crippen LogP contribution is -2.53. The molecule has 0 bridgehead atoms. The van der Waals surface area contributed by atoms with Crippen molar-refractivity contribution < 1.29 is 9.59 Å². The van der Waals surface area contributed by atoms with Gasteiger partial charge in [-0.2, -0.15) is 0 Å². The first kappa shape index (κ1) is 40.5. The number of para-hydroxylation sites is 2. The van der Waals surface area contributed by atoms with Crippen molar-refractivity contribution >= 4 is 45.0 Å². The number of ketones is 2. The minimum absolute atomic E-state index is 0.0826. The van der Waals surface area contributed by atoms with Crippen molar-refractivity contribution in [3.05, 3.63) is 311 Å². The number of nitrogens with zero attached hydrogens (tertiary/aromatic N) is 4. The summed E-state index contributed by atoms with van der Waals surface area (Å²) in [6, 6.07) is 82.5. The smallest absolute Gasteiger partial charge is 0.197 e. The maximum absolute atomic E-state index is 14.7. The van der Waals surface area contributed by atoms with Crippen LogP contribution in [-0.2, 0) is 11.1 Å². The Morgan fingerprint density at radius 3 is 0.926 bits per heavy atom. The number of carbonyl (C=O) groups excluding carboxylic acids is 2. The molecule has 1 aliphatic heterocycles. The summed E-state index contributed by atoms with van der Waals surface area (Å²) in [5.74, 6) is 1.19. The molecule has 9 aromatic carbocycles. The van der Waals surface area contributed by atoms with E-state index in [0.717, 1.165) is 44.2 Å². The average Bonchev–Trinajstić information content (AvgIpc) is 3.84. The molecule has 1 aromatic heterocycles. The third-order valence-corrected chi connectivity index (χ3v) is 13.5. The monoisotopic (exact) mass is 874 g/mol. The molecule has 2 heterocycles. The van der Waals surface area contributed by atoms with Gasteiger partial charge in [0.15, 0.2) is 23.2 Å². The third kappa shape index (κ3) is 6.19. The lowest BCUT2D eigenvalue weighted by Gasteiger charge is -2.48. The van der Waals surface area contributed by atoms with Gasteiger partial charge in [-0.1, -0.05) is 218 Å². The molecule has 0 unspecified atom stereocenters. The summed E-state index contributed by atoms with van der Waals surface area (Å²) in [5, 5.41) is 1.80. The highest BCUT2D eigenvalue weighted by molar-refractivity contribution is 6.40. The molecule has 12 rings (SSSR count). The summed E-state index contributed by atoms with van der Waals surface area (Å²) in [7, 11) is 0. The highest BCUT2D eigenvalue weighted by Gasteiger charge is 2.57. The first-order chi connectivity index (χ1) is 33.6. The van der Waals surface area contributed by atoms with Gasteiger partial charge in [0, 0.05) is 11.1 Å². The highest BCUT2D eigenvalue weighted by Crippen LogP contribution is 2.58. The van der Waals surface area contributed by atoms with Crippen LogP contribution in [0.5, 0.6) is 0 Å². The second kappa shape index (κ2) is 16.5. The van der Waals surface area contributed by atoms with Crippen molar-refractivity contribution in [1.82, 2.24) is 9.97 Å². The molecule has 1 aliphatic carbocycles. The number of carbonyl (C=O) groups is 2. The normalized spacial score (nSPS) is 13.5. The molecular weight excluding hydrogens is 833 g/mol. The Labute approximate surface area is 394 Å². The minimum atomic E-state index is -1.13. The van der Waals surface area contributed by atoms with E-state index in [0.29, 0.717) is 39.6 Å². The van der Waals surface area contributed by atoms with Crippen molar-refractivity contribution in [2.45, 2.75) is 11.1 Å². The zero-order valence-corrected chi connectivity index (χ0v) is 36.9. The number of aromatic nitrogens is 2. The van der Waals surface area contributed by atoms with Crippen molar-refractivity contribution in [3.8, 4) is 0 Å². The predicted octanol–water partition coefficient (Wildman–Crippen LogP) is 13.2. The van der Waals surface area contributed by atoms with E-state index in [1.807, 2.05) is 103 Å². The van der Waals surface area contributed by atoms with Crippen molar-refractivity contribution in [1.29, 1.82) is 0 Å². The van der Waals surface area contributed by atoms with Gasteiger partial charge < -0.3 is 0 Å². The SMILES string of the molecule is O=C1C(=CC=C2N(C(c3ccccc3)(c3ccccc3)c3ccccc3)c3nc4ccccc4nc3N2C(c2ccccc2)(c2ccccc2)c2ccccc2)C(=O)c2cc3ccccc3cc21. The van der Waals surface area contributed by atoms with Crippen LogP contribution in [0.4, 0.5) is 11.6 Å². The minimum Gasteiger partial charge on any atom is -0.290 e. The molecule has 10 aromatic rings. The summed E-state index contributed by atoms with van der Waals surface area (Å²) in [5.41, 5.74) is 5.86. The molecule has 0 saturated carbocycles. The van der Waals surface area contributed by atoms with Gasteiger partial charge in [-0.15, -0.1) is 0 Å². The number of rotatable bonds is 9. The summed E-state index contributed by atoms with van der Waals surface area (Å²) in [6.45, 7) is 0. The van der Waals surface area contributed by atoms with E-state index in [1.54, 1.807) is 6.08 Å². The molecular formula is C62H42N4O2. The number of benzene rings is 9. The second-order valence-electron chi connectivity index (χ2n) is 17.2. The topological polar surface area (TPSA) is 66.4 Å². The van der Waals surface area contributed by atoms with E-state index < -0.39 is 11.1 Å². The highest BCUT2D eigenvalue weighted by atomic mass is 16.2. The van der Waals surface area contributed by atoms with E-state index in [1.165, 1.54) is 0 Å². The van der Waals surface area contributed by atoms with E-state index in [2.05, 4.69) is 155 Å². The summed E-state index contributed by atoms with van der Waals surface area (Å²) < 4.78 is 0. The molecule has 68 heavy (non-hydrogen) atoms. The van der Waals surface area contributed by atoms with Crippen molar-refractivity contribution in [2.75, 3.05) is 9.80 Å². The third-order valence-electron chi connectivity index (χ3n) is 13.5. The number of Topliss-reactive ketones (excluding diaryl/α,β-unsaturated/α-hetero) is 2. The Hall–Kier alpha value is -9.00. The van der Waals surface area contributed by atoms with Gasteiger partial charge in [-0.05, 0) is 80.6 Å². The molecule has 2 aliphatic rings. The Morgan fingerprint density at radius 1 is 0.338 bits per heavy atom. The molecule has 0 fully saturated rings. The second-order valence-corrected chi connectivity index (χ2v) is 17.2. The van der Waals surface area contributed by atoms with Gasteiger partial charge in [0.1, 0.15) is 16.9 Å². The molecule has 0 radical (unpaired) electrons. The van der Waals surface area contributed by atoms with Crippen LogP contribution in [0.15, 0.2) is 266 Å². The molecule has 322 valence electrons. The lowest BCUT2D eigenvalue weighted by molar-refractivity contribution is 0.0988. The molecule has 0 spiro atoms. The van der Waals surface area contributed by atoms with Crippen LogP contribution >= 0.6 is 0 Å². The molecule has 6 nitrogen and oxygen atoms in total. The van der Waals surface area contributed by atoms with Gasteiger partial charge in [0.05, 0.1) is 16.6 Å². The zero-order valence-electron chi connectivity index (χ0n) is 36.9. The maximum atomic E-state index is 14.7. The van der Waals surface area contributed by atoms with Crippen LogP contribution in [0.25, 0.3) is 21.8 Å². The van der Waals surface area contributed by atoms with E-state index in [9.17, 15) is 9.59 Å². The first-order valence-electron chi connectivity index (χ1n) is 22.8. The van der Waals surface area contributed by atoms with Gasteiger partial charge in [0.25, 0.3) is 0 Å². The summed E-state index contributed by atoms with van der Waals surface area (Å²) in [4.78, 5) is 45.4. The van der Waals surface area contributed by atoms with Gasteiger partial charge >= 0.3 is 0 Å². The fourth-order valence-electron chi connectivity index (χ4n) is 10.6. The number of fused-ring (bicyclic) bond motifs is 4. The van der Waals surface area contributed by atoms with Crippen LogP contribution in [0.3, 0.4) is 0 Å². The Balaban J connectivity index is 1.27. The Morgan fingerprint density at radius 2 is 0.618 bits per heavy atom. The lowest BCUT2D eigenvalue weighted by atomic mass is 9.74. The van der Waals surface area contributed by atoms with Gasteiger partial charge in [0.2, 0.25) is 0 Å². The quantitative estimate of drug-likeness (QED) is 0.0818. The van der Waals surface area contributed by atoms with Crippen LogP contribution in [0.1, 0.15) is 54.1 Å². The zero-order chi connectivity index (χ0) is 45.7. The van der Waals surface area contributed by atoms with Gasteiger partial charge in [-0.3, -0.25) is 19.4 Å². The molecule has 0 saturated heterocycles. The fraction of sp³-hybridized carbons (Fsp3) is 0.0323. The Kier molecular flexibility index (Phi) is 9.80. The first-order valence-corrected chi connectivity index (χ1v) is 22.8. The summed E-state index contributed by atoms with van der Waals surface area (Å²) >= 11 is 0. The van der Waals surface area contributed by atoms with Crippen molar-refractivity contribution in [3.63, 3.8) is 0 Å². The van der Waals surface area contributed by atoms with E-state index in [4.69, 9.17) is 9.97 Å². The van der Waals surface area contributed by atoms with Crippen LogP contribution in [-0.4, -0.2) is 21.5 Å². The molecule has 0 N–H and O–H groups in total. The fourth-order valence-corrected chi connectivity index (χ4v) is 10.6. The van der Waals surface area contributed by atoms with Crippen LogP contribution in [0, 0.1) is 0 Å². The summed E-state index contributed by atoms with van der Waals surface area (Å²) in [6.07, 6.45) is 3.69. The largest absolute Gasteiger partial charge is 0.290 e.